The summed E-state index contributed by atoms with van der Waals surface area (Å²) < 4.78 is 5.27. The Balaban J connectivity index is 0.000000461. The van der Waals surface area contributed by atoms with Crippen LogP contribution >= 0.6 is 0 Å². The molecule has 0 aromatic carbocycles. The third kappa shape index (κ3) is 1.93. The Hall–Kier alpha value is -1.35. The lowest BCUT2D eigenvalue weighted by Crippen LogP contribution is -2.03. The van der Waals surface area contributed by atoms with Crippen LogP contribution in [0.3, 0.4) is 0 Å². The molecule has 0 aliphatic heterocycles. The molecule has 2 heterocycles. The Kier molecular flexibility index (Phi) is 3.65. The van der Waals surface area contributed by atoms with Crippen molar-refractivity contribution in [2.24, 2.45) is 5.73 Å². The van der Waals surface area contributed by atoms with Crippen molar-refractivity contribution in [3.05, 3.63) is 30.2 Å². The summed E-state index contributed by atoms with van der Waals surface area (Å²) >= 11 is 0. The van der Waals surface area contributed by atoms with Gasteiger partial charge in [0.2, 0.25) is 0 Å². The normalized spacial score (nSPS) is 12.0. The van der Waals surface area contributed by atoms with Gasteiger partial charge in [0.05, 0.1) is 6.26 Å². The summed E-state index contributed by atoms with van der Waals surface area (Å²) in [4.78, 5) is 4.19. The Morgan fingerprint density at radius 1 is 1.43 bits per heavy atom. The molecule has 0 spiro atoms. The second-order valence-corrected chi connectivity index (χ2v) is 2.83. The number of aromatic nitrogens is 1. The van der Waals surface area contributed by atoms with Crippen LogP contribution in [0.25, 0.3) is 11.1 Å². The minimum absolute atomic E-state index is 0.0267. The number of furan rings is 1. The SMILES string of the molecule is CC.CC(N)c1coc2cccnc12. The zero-order chi connectivity index (χ0) is 10.6. The minimum atomic E-state index is -0.0267. The maximum absolute atomic E-state index is 5.72. The average molecular weight is 192 g/mol. The van der Waals surface area contributed by atoms with Gasteiger partial charge in [-0.3, -0.25) is 4.98 Å². The van der Waals surface area contributed by atoms with E-state index >= 15 is 0 Å². The number of nitrogens with zero attached hydrogens (tertiary/aromatic N) is 1. The molecule has 3 heteroatoms. The maximum Gasteiger partial charge on any atom is 0.152 e. The molecule has 2 aromatic heterocycles. The van der Waals surface area contributed by atoms with Crippen molar-refractivity contribution in [2.45, 2.75) is 26.8 Å². The molecule has 0 radical (unpaired) electrons. The fourth-order valence-corrected chi connectivity index (χ4v) is 1.21. The smallest absolute Gasteiger partial charge is 0.152 e. The molecule has 3 nitrogen and oxygen atoms in total. The van der Waals surface area contributed by atoms with Gasteiger partial charge in [-0.2, -0.15) is 0 Å². The van der Waals surface area contributed by atoms with Crippen LogP contribution < -0.4 is 5.73 Å². The van der Waals surface area contributed by atoms with Crippen molar-refractivity contribution in [1.29, 1.82) is 0 Å². The number of fused-ring (bicyclic) bond motifs is 1. The van der Waals surface area contributed by atoms with E-state index in [1.54, 1.807) is 12.5 Å². The molecule has 0 aliphatic rings. The molecular weight excluding hydrogens is 176 g/mol. The van der Waals surface area contributed by atoms with Crippen molar-refractivity contribution >= 4 is 11.1 Å². The molecule has 76 valence electrons. The summed E-state index contributed by atoms with van der Waals surface area (Å²) in [5.74, 6) is 0. The molecule has 0 bridgehead atoms. The number of hydrogen-bond acceptors (Lipinski definition) is 3. The summed E-state index contributed by atoms with van der Waals surface area (Å²) in [6, 6.07) is 3.70. The molecule has 0 aliphatic carbocycles. The Labute approximate surface area is 83.9 Å². The maximum atomic E-state index is 5.72. The molecular formula is C11H16N2O. The van der Waals surface area contributed by atoms with E-state index in [4.69, 9.17) is 10.2 Å². The highest BCUT2D eigenvalue weighted by Gasteiger charge is 2.08. The zero-order valence-corrected chi connectivity index (χ0v) is 8.82. The number of hydrogen-bond donors (Lipinski definition) is 1. The minimum Gasteiger partial charge on any atom is -0.462 e. The highest BCUT2D eigenvalue weighted by molar-refractivity contribution is 5.76. The standard InChI is InChI=1S/C9H10N2O.C2H6/c1-6(10)7-5-12-8-3-2-4-11-9(7)8;1-2/h2-6H,10H2,1H3;1-2H3. The third-order valence-corrected chi connectivity index (χ3v) is 1.85. The van der Waals surface area contributed by atoms with E-state index in [1.807, 2.05) is 32.9 Å². The summed E-state index contributed by atoms with van der Waals surface area (Å²) in [6.45, 7) is 5.92. The van der Waals surface area contributed by atoms with Crippen molar-refractivity contribution in [1.82, 2.24) is 4.98 Å². The molecule has 0 saturated carbocycles. The van der Waals surface area contributed by atoms with Gasteiger partial charge < -0.3 is 10.2 Å². The van der Waals surface area contributed by atoms with Crippen molar-refractivity contribution < 1.29 is 4.42 Å². The molecule has 0 amide bonds. The van der Waals surface area contributed by atoms with E-state index in [2.05, 4.69) is 4.98 Å². The molecule has 14 heavy (non-hydrogen) atoms. The quantitative estimate of drug-likeness (QED) is 0.755. The summed E-state index contributed by atoms with van der Waals surface area (Å²) in [5.41, 5.74) is 8.35. The zero-order valence-electron chi connectivity index (χ0n) is 8.82. The van der Waals surface area contributed by atoms with Gasteiger partial charge in [-0.15, -0.1) is 0 Å². The largest absolute Gasteiger partial charge is 0.462 e. The third-order valence-electron chi connectivity index (χ3n) is 1.85. The van der Waals surface area contributed by atoms with Crippen molar-refractivity contribution in [3.63, 3.8) is 0 Å². The van der Waals surface area contributed by atoms with E-state index in [0.29, 0.717) is 0 Å². The van der Waals surface area contributed by atoms with Crippen LogP contribution in [0.1, 0.15) is 32.4 Å². The fraction of sp³-hybridized carbons (Fsp3) is 0.364. The highest BCUT2D eigenvalue weighted by atomic mass is 16.3. The molecule has 0 saturated heterocycles. The van der Waals surface area contributed by atoms with Gasteiger partial charge in [-0.05, 0) is 19.1 Å². The molecule has 2 aromatic rings. The fourth-order valence-electron chi connectivity index (χ4n) is 1.21. The first-order chi connectivity index (χ1) is 6.79. The second-order valence-electron chi connectivity index (χ2n) is 2.83. The topological polar surface area (TPSA) is 52.0 Å². The monoisotopic (exact) mass is 192 g/mol. The van der Waals surface area contributed by atoms with E-state index in [9.17, 15) is 0 Å². The van der Waals surface area contributed by atoms with Gasteiger partial charge in [0, 0.05) is 17.8 Å². The molecule has 2 N–H and O–H groups in total. The first-order valence-electron chi connectivity index (χ1n) is 4.87. The van der Waals surface area contributed by atoms with Crippen LogP contribution in [0.5, 0.6) is 0 Å². The average Bonchev–Trinajstić information content (AvgIpc) is 2.64. The van der Waals surface area contributed by atoms with Crippen LogP contribution in [-0.4, -0.2) is 4.98 Å². The number of nitrogens with two attached hydrogens (primary N) is 1. The molecule has 0 fully saturated rings. The van der Waals surface area contributed by atoms with Crippen molar-refractivity contribution in [3.8, 4) is 0 Å². The van der Waals surface area contributed by atoms with Gasteiger partial charge >= 0.3 is 0 Å². The van der Waals surface area contributed by atoms with E-state index in [0.717, 1.165) is 16.7 Å². The summed E-state index contributed by atoms with van der Waals surface area (Å²) in [6.07, 6.45) is 3.41. The molecule has 1 atom stereocenters. The summed E-state index contributed by atoms with van der Waals surface area (Å²) in [5, 5.41) is 0. The van der Waals surface area contributed by atoms with E-state index in [-0.39, 0.29) is 6.04 Å². The Bertz CT molecular complexity index is 393. The van der Waals surface area contributed by atoms with Crippen LogP contribution in [-0.2, 0) is 0 Å². The number of rotatable bonds is 1. The van der Waals surface area contributed by atoms with Crippen LogP contribution in [0, 0.1) is 0 Å². The Morgan fingerprint density at radius 3 is 2.79 bits per heavy atom. The lowest BCUT2D eigenvalue weighted by atomic mass is 10.1. The molecule has 1 unspecified atom stereocenters. The van der Waals surface area contributed by atoms with Gasteiger partial charge in [0.25, 0.3) is 0 Å². The van der Waals surface area contributed by atoms with Crippen LogP contribution in [0.15, 0.2) is 29.0 Å². The predicted octanol–water partition coefficient (Wildman–Crippen LogP) is 2.87. The van der Waals surface area contributed by atoms with E-state index in [1.165, 1.54) is 0 Å². The van der Waals surface area contributed by atoms with Gasteiger partial charge in [-0.25, -0.2) is 0 Å². The van der Waals surface area contributed by atoms with Gasteiger partial charge in [-0.1, -0.05) is 13.8 Å². The first kappa shape index (κ1) is 10.7. The van der Waals surface area contributed by atoms with Crippen molar-refractivity contribution in [2.75, 3.05) is 0 Å². The number of pyridine rings is 1. The summed E-state index contributed by atoms with van der Waals surface area (Å²) in [7, 11) is 0. The molecule has 2 rings (SSSR count). The van der Waals surface area contributed by atoms with E-state index < -0.39 is 0 Å². The second kappa shape index (κ2) is 4.77. The van der Waals surface area contributed by atoms with Gasteiger partial charge in [0.1, 0.15) is 5.52 Å². The predicted molar refractivity (Wildman–Crippen MR) is 58.0 cm³/mol. The van der Waals surface area contributed by atoms with Gasteiger partial charge in [0.15, 0.2) is 5.58 Å². The van der Waals surface area contributed by atoms with Crippen LogP contribution in [0.4, 0.5) is 0 Å². The lowest BCUT2D eigenvalue weighted by Gasteiger charge is -1.98. The first-order valence-corrected chi connectivity index (χ1v) is 4.87. The Morgan fingerprint density at radius 2 is 2.14 bits per heavy atom. The van der Waals surface area contributed by atoms with Crippen LogP contribution in [0.2, 0.25) is 0 Å². The lowest BCUT2D eigenvalue weighted by molar-refractivity contribution is 0.605. The highest BCUT2D eigenvalue weighted by Crippen LogP contribution is 2.22.